The number of carbonyl (C=O) groups excluding carboxylic acids is 1. The zero-order chi connectivity index (χ0) is 24.9. The molecule has 3 aromatic rings. The van der Waals surface area contributed by atoms with Crippen LogP contribution in [0.5, 0.6) is 0 Å². The lowest BCUT2D eigenvalue weighted by atomic mass is 9.83. The summed E-state index contributed by atoms with van der Waals surface area (Å²) in [4.78, 5) is 20.5. The monoisotopic (exact) mass is 485 g/mol. The molecule has 5 nitrogen and oxygen atoms in total. The van der Waals surface area contributed by atoms with E-state index in [0.29, 0.717) is 24.5 Å². The van der Waals surface area contributed by atoms with Crippen LogP contribution in [0.3, 0.4) is 0 Å². The van der Waals surface area contributed by atoms with Crippen molar-refractivity contribution in [3.8, 4) is 0 Å². The van der Waals surface area contributed by atoms with Gasteiger partial charge in [0, 0.05) is 18.5 Å². The average Bonchev–Trinajstić information content (AvgIpc) is 2.90. The van der Waals surface area contributed by atoms with Crippen LogP contribution in [0.1, 0.15) is 35.3 Å². The Morgan fingerprint density at radius 3 is 2.34 bits per heavy atom. The molecule has 0 saturated carbocycles. The van der Waals surface area contributed by atoms with Crippen molar-refractivity contribution in [2.45, 2.75) is 18.6 Å². The number of rotatable bonds is 12. The average molecular weight is 486 g/mol. The summed E-state index contributed by atoms with van der Waals surface area (Å²) < 4.78 is 4.68. The molecule has 0 aliphatic rings. The van der Waals surface area contributed by atoms with E-state index in [1.807, 2.05) is 36.9 Å². The number of thioether (sulfide) groups is 1. The van der Waals surface area contributed by atoms with Crippen molar-refractivity contribution in [2.75, 3.05) is 24.2 Å². The van der Waals surface area contributed by atoms with Crippen molar-refractivity contribution < 1.29 is 9.53 Å². The minimum atomic E-state index is -0.458. The molecule has 0 amide bonds. The van der Waals surface area contributed by atoms with Crippen LogP contribution in [0.2, 0.25) is 0 Å². The quantitative estimate of drug-likeness (QED) is 0.181. The first-order valence-corrected chi connectivity index (χ1v) is 12.6. The molecule has 0 aliphatic heterocycles. The molecule has 1 heterocycles. The summed E-state index contributed by atoms with van der Waals surface area (Å²) in [6.45, 7) is 8.65. The Bertz CT molecular complexity index is 1120. The van der Waals surface area contributed by atoms with E-state index in [9.17, 15) is 4.79 Å². The first-order chi connectivity index (χ1) is 17.2. The number of hydrogen-bond donors (Lipinski definition) is 1. The van der Waals surface area contributed by atoms with E-state index in [-0.39, 0.29) is 0 Å². The maximum Gasteiger partial charge on any atom is 0.343 e. The van der Waals surface area contributed by atoms with E-state index in [4.69, 9.17) is 4.74 Å². The van der Waals surface area contributed by atoms with Gasteiger partial charge in [-0.15, -0.1) is 11.8 Å². The first-order valence-electron chi connectivity index (χ1n) is 11.6. The number of benzene rings is 2. The predicted molar refractivity (Wildman–Crippen MR) is 146 cm³/mol. The van der Waals surface area contributed by atoms with Crippen LogP contribution >= 0.6 is 11.8 Å². The summed E-state index contributed by atoms with van der Waals surface area (Å²) in [6.07, 6.45) is 11.0. The molecule has 180 valence electrons. The van der Waals surface area contributed by atoms with Gasteiger partial charge in [0.15, 0.2) is 0 Å². The summed E-state index contributed by atoms with van der Waals surface area (Å²) in [6, 6.07) is 21.0. The highest BCUT2D eigenvalue weighted by molar-refractivity contribution is 8.00. The molecular weight excluding hydrogens is 454 g/mol. The van der Waals surface area contributed by atoms with E-state index < -0.39 is 10.7 Å². The zero-order valence-corrected chi connectivity index (χ0v) is 21.0. The second kappa shape index (κ2) is 13.3. The van der Waals surface area contributed by atoms with Gasteiger partial charge in [-0.25, -0.2) is 14.8 Å². The number of nitrogens with zero attached hydrogens (tertiary/aromatic N) is 2. The third kappa shape index (κ3) is 6.28. The third-order valence-electron chi connectivity index (χ3n) is 5.33. The standard InChI is InChI=1S/C29H31N3O2S/c1-4-13-23(14-5-2)29(24-15-9-7-10-16-24,25-17-11-8-12-18-25)35-20-19-31-27-26(21-30-22-32-27)28(33)34-6-3/h4-5,7-18,21-22H,1,6,19-20H2,2-3H3,(H,30,31,32)/b14-5-,23-13+. The van der Waals surface area contributed by atoms with Gasteiger partial charge < -0.3 is 10.1 Å². The van der Waals surface area contributed by atoms with Crippen LogP contribution in [-0.4, -0.2) is 34.8 Å². The number of aromatic nitrogens is 2. The number of carbonyl (C=O) groups is 1. The van der Waals surface area contributed by atoms with Crippen LogP contribution in [0.4, 0.5) is 5.82 Å². The van der Waals surface area contributed by atoms with Crippen molar-refractivity contribution in [1.29, 1.82) is 0 Å². The number of esters is 1. The van der Waals surface area contributed by atoms with Crippen LogP contribution in [0.25, 0.3) is 0 Å². The number of nitrogens with one attached hydrogen (secondary N) is 1. The Hall–Kier alpha value is -3.64. The Morgan fingerprint density at radius 1 is 1.11 bits per heavy atom. The third-order valence-corrected chi connectivity index (χ3v) is 6.88. The molecule has 0 aliphatic carbocycles. The van der Waals surface area contributed by atoms with Gasteiger partial charge in [-0.3, -0.25) is 0 Å². The molecule has 0 bridgehead atoms. The van der Waals surface area contributed by atoms with Gasteiger partial charge in [0.05, 0.1) is 11.4 Å². The minimum absolute atomic E-state index is 0.295. The van der Waals surface area contributed by atoms with Crippen LogP contribution in [-0.2, 0) is 9.48 Å². The summed E-state index contributed by atoms with van der Waals surface area (Å²) in [5.41, 5.74) is 3.82. The minimum Gasteiger partial charge on any atom is -0.462 e. The Morgan fingerprint density at radius 2 is 1.77 bits per heavy atom. The van der Waals surface area contributed by atoms with E-state index >= 15 is 0 Å². The number of ether oxygens (including phenoxy) is 1. The summed E-state index contributed by atoms with van der Waals surface area (Å²) >= 11 is 1.82. The summed E-state index contributed by atoms with van der Waals surface area (Å²) in [5.74, 6) is 0.775. The van der Waals surface area contributed by atoms with Crippen molar-refractivity contribution in [2.24, 2.45) is 0 Å². The first kappa shape index (κ1) is 26.0. The normalized spacial score (nSPS) is 11.9. The molecule has 0 fully saturated rings. The fourth-order valence-corrected chi connectivity index (χ4v) is 5.31. The summed E-state index contributed by atoms with van der Waals surface area (Å²) in [7, 11) is 0. The molecule has 0 radical (unpaired) electrons. The van der Waals surface area contributed by atoms with Crippen LogP contribution in [0.15, 0.2) is 110 Å². The molecule has 3 rings (SSSR count). The lowest BCUT2D eigenvalue weighted by Crippen LogP contribution is -2.27. The molecule has 35 heavy (non-hydrogen) atoms. The Labute approximate surface area is 212 Å². The smallest absolute Gasteiger partial charge is 0.343 e. The maximum atomic E-state index is 12.3. The van der Waals surface area contributed by atoms with Crippen molar-refractivity contribution in [1.82, 2.24) is 9.97 Å². The lowest BCUT2D eigenvalue weighted by Gasteiger charge is -2.36. The molecule has 0 saturated heterocycles. The van der Waals surface area contributed by atoms with Crippen LogP contribution < -0.4 is 5.32 Å². The molecule has 0 atom stereocenters. The van der Waals surface area contributed by atoms with Crippen molar-refractivity contribution >= 4 is 23.5 Å². The molecule has 1 aromatic heterocycles. The van der Waals surface area contributed by atoms with Crippen molar-refractivity contribution in [3.63, 3.8) is 0 Å². The number of hydrogen-bond acceptors (Lipinski definition) is 6. The van der Waals surface area contributed by atoms with Crippen LogP contribution in [0, 0.1) is 0 Å². The van der Waals surface area contributed by atoms with Gasteiger partial charge in [-0.05, 0) is 30.5 Å². The van der Waals surface area contributed by atoms with Gasteiger partial charge in [0.1, 0.15) is 17.7 Å². The van der Waals surface area contributed by atoms with Gasteiger partial charge in [-0.1, -0.05) is 91.5 Å². The zero-order valence-electron chi connectivity index (χ0n) is 20.2. The SMILES string of the molecule is C=C/C=C(\C=C/C)C(SCCNc1ncncc1C(=O)OCC)(c1ccccc1)c1ccccc1. The van der Waals surface area contributed by atoms with E-state index in [0.717, 1.165) is 11.3 Å². The number of anilines is 1. The second-order valence-corrected chi connectivity index (χ2v) is 8.86. The second-order valence-electron chi connectivity index (χ2n) is 7.55. The van der Waals surface area contributed by atoms with Gasteiger partial charge in [-0.2, -0.15) is 0 Å². The van der Waals surface area contributed by atoms with E-state index in [1.165, 1.54) is 23.7 Å². The molecule has 2 aromatic carbocycles. The summed E-state index contributed by atoms with van der Waals surface area (Å²) in [5, 5.41) is 3.30. The molecule has 6 heteroatoms. The highest BCUT2D eigenvalue weighted by Crippen LogP contribution is 2.49. The van der Waals surface area contributed by atoms with Gasteiger partial charge >= 0.3 is 5.97 Å². The van der Waals surface area contributed by atoms with E-state index in [1.54, 1.807) is 6.92 Å². The molecule has 1 N–H and O–H groups in total. The largest absolute Gasteiger partial charge is 0.462 e. The fourth-order valence-electron chi connectivity index (χ4n) is 3.89. The lowest BCUT2D eigenvalue weighted by molar-refractivity contribution is 0.0526. The highest BCUT2D eigenvalue weighted by Gasteiger charge is 2.37. The number of allylic oxidation sites excluding steroid dienone is 4. The van der Waals surface area contributed by atoms with Gasteiger partial charge in [0.25, 0.3) is 0 Å². The Kier molecular flexibility index (Phi) is 9.87. The van der Waals surface area contributed by atoms with Crippen molar-refractivity contribution in [3.05, 3.63) is 126 Å². The molecule has 0 spiro atoms. The molecular formula is C29H31N3O2S. The predicted octanol–water partition coefficient (Wildman–Crippen LogP) is 6.43. The molecule has 0 unspecified atom stereocenters. The fraction of sp³-hybridized carbons (Fsp3) is 0.207. The van der Waals surface area contributed by atoms with Gasteiger partial charge in [0.2, 0.25) is 0 Å². The Balaban J connectivity index is 1.95. The maximum absolute atomic E-state index is 12.3. The highest BCUT2D eigenvalue weighted by atomic mass is 32.2. The van der Waals surface area contributed by atoms with E-state index in [2.05, 4.69) is 88.6 Å². The topological polar surface area (TPSA) is 64.1 Å².